The van der Waals surface area contributed by atoms with Crippen LogP contribution in [0.15, 0.2) is 0 Å². The third-order valence-corrected chi connectivity index (χ3v) is 7.82. The molecule has 27 heavy (non-hydrogen) atoms. The Morgan fingerprint density at radius 2 is 0.667 bits per heavy atom. The van der Waals surface area contributed by atoms with Crippen LogP contribution in [0, 0.1) is 0 Å². The molecule has 0 saturated carbocycles. The SMILES string of the molecule is CCCCCCCCCCCCP([NH])(=O)CCCCCCCCCCCC. The molecule has 0 rings (SSSR count). The lowest BCUT2D eigenvalue weighted by Crippen LogP contribution is -1.97. The molecular formula is C24H51NOP. The molecule has 163 valence electrons. The van der Waals surface area contributed by atoms with Crippen LogP contribution in [0.25, 0.3) is 0 Å². The van der Waals surface area contributed by atoms with E-state index in [9.17, 15) is 4.57 Å². The number of unbranched alkanes of at least 4 members (excludes halogenated alkanes) is 18. The fraction of sp³-hybridized carbons (Fsp3) is 1.00. The topological polar surface area (TPSA) is 40.9 Å². The first-order valence-electron chi connectivity index (χ1n) is 12.5. The van der Waals surface area contributed by atoms with Gasteiger partial charge in [-0.05, 0) is 12.8 Å². The van der Waals surface area contributed by atoms with Crippen molar-refractivity contribution in [1.29, 1.82) is 0 Å². The zero-order chi connectivity index (χ0) is 20.1. The van der Waals surface area contributed by atoms with Crippen LogP contribution < -0.4 is 5.50 Å². The van der Waals surface area contributed by atoms with E-state index in [1.54, 1.807) is 0 Å². The molecule has 0 aliphatic rings. The van der Waals surface area contributed by atoms with Crippen LogP contribution >= 0.6 is 7.29 Å². The van der Waals surface area contributed by atoms with Gasteiger partial charge >= 0.3 is 0 Å². The Bertz CT molecular complexity index is 304. The Balaban J connectivity index is 3.32. The molecule has 2 nitrogen and oxygen atoms in total. The smallest absolute Gasteiger partial charge is 0.160 e. The zero-order valence-corrected chi connectivity index (χ0v) is 19.8. The van der Waals surface area contributed by atoms with Gasteiger partial charge in [-0.3, -0.25) is 0 Å². The lowest BCUT2D eigenvalue weighted by Gasteiger charge is -2.11. The van der Waals surface area contributed by atoms with Crippen LogP contribution in [0.4, 0.5) is 0 Å². The van der Waals surface area contributed by atoms with Crippen molar-refractivity contribution >= 4 is 7.29 Å². The molecule has 0 aromatic carbocycles. The molecule has 0 aromatic rings. The van der Waals surface area contributed by atoms with E-state index < -0.39 is 7.29 Å². The monoisotopic (exact) mass is 400 g/mol. The normalized spacial score (nSPS) is 12.0. The summed E-state index contributed by atoms with van der Waals surface area (Å²) in [6.07, 6.45) is 27.4. The summed E-state index contributed by atoms with van der Waals surface area (Å²) in [5.74, 6) is 0. The second-order valence-electron chi connectivity index (χ2n) is 8.70. The van der Waals surface area contributed by atoms with Gasteiger partial charge in [0, 0.05) is 12.3 Å². The van der Waals surface area contributed by atoms with Crippen LogP contribution in [-0.2, 0) is 4.57 Å². The highest BCUT2D eigenvalue weighted by molar-refractivity contribution is 7.61. The standard InChI is InChI=1S/C24H51NOP/c1-3-5-7-9-11-13-15-17-19-21-23-27(25,26)24-22-20-18-16-14-12-10-8-6-4-2/h25H,3-24H2,1-2H3. The van der Waals surface area contributed by atoms with Gasteiger partial charge in [0.05, 0.1) is 0 Å². The van der Waals surface area contributed by atoms with E-state index >= 15 is 0 Å². The minimum Gasteiger partial charge on any atom is -0.306 e. The Morgan fingerprint density at radius 3 is 0.926 bits per heavy atom. The molecule has 0 amide bonds. The van der Waals surface area contributed by atoms with Crippen molar-refractivity contribution in [3.05, 3.63) is 0 Å². The summed E-state index contributed by atoms with van der Waals surface area (Å²) in [7, 11) is -2.59. The zero-order valence-electron chi connectivity index (χ0n) is 18.9. The predicted molar refractivity (Wildman–Crippen MR) is 124 cm³/mol. The Kier molecular flexibility index (Phi) is 21.1. The highest BCUT2D eigenvalue weighted by atomic mass is 31.2. The Hall–Kier alpha value is 0.190. The van der Waals surface area contributed by atoms with E-state index in [1.165, 1.54) is 116 Å². The first-order chi connectivity index (χ1) is 13.1. The summed E-state index contributed by atoms with van der Waals surface area (Å²) < 4.78 is 12.4. The first-order valence-corrected chi connectivity index (χ1v) is 14.5. The first kappa shape index (κ1) is 27.2. The molecule has 0 aliphatic carbocycles. The maximum absolute atomic E-state index is 12.4. The fourth-order valence-electron chi connectivity index (χ4n) is 3.82. The van der Waals surface area contributed by atoms with Crippen LogP contribution in [0.1, 0.15) is 142 Å². The van der Waals surface area contributed by atoms with E-state index in [2.05, 4.69) is 13.8 Å². The van der Waals surface area contributed by atoms with Gasteiger partial charge in [0.1, 0.15) is 0 Å². The second-order valence-corrected chi connectivity index (χ2v) is 11.4. The highest BCUT2D eigenvalue weighted by Gasteiger charge is 2.15. The average molecular weight is 401 g/mol. The maximum atomic E-state index is 12.4. The largest absolute Gasteiger partial charge is 0.306 e. The van der Waals surface area contributed by atoms with E-state index in [0.29, 0.717) is 12.3 Å². The number of hydrogen-bond acceptors (Lipinski definition) is 1. The highest BCUT2D eigenvalue weighted by Crippen LogP contribution is 2.41. The van der Waals surface area contributed by atoms with E-state index in [-0.39, 0.29) is 0 Å². The number of hydrogen-bond donors (Lipinski definition) is 0. The molecule has 0 saturated heterocycles. The third kappa shape index (κ3) is 22.3. The van der Waals surface area contributed by atoms with Crippen LogP contribution in [-0.4, -0.2) is 12.3 Å². The second kappa shape index (κ2) is 20.9. The van der Waals surface area contributed by atoms with Crippen molar-refractivity contribution in [2.75, 3.05) is 12.3 Å². The van der Waals surface area contributed by atoms with E-state index in [4.69, 9.17) is 5.50 Å². The molecule has 0 bridgehead atoms. The lowest BCUT2D eigenvalue weighted by molar-refractivity contribution is 0.548. The van der Waals surface area contributed by atoms with Crippen molar-refractivity contribution in [2.24, 2.45) is 0 Å². The van der Waals surface area contributed by atoms with Crippen molar-refractivity contribution in [3.63, 3.8) is 0 Å². The number of nitrogens with one attached hydrogen (secondary N) is 1. The van der Waals surface area contributed by atoms with Crippen LogP contribution in [0.5, 0.6) is 0 Å². The van der Waals surface area contributed by atoms with Gasteiger partial charge in [-0.1, -0.05) is 129 Å². The molecule has 0 heterocycles. The molecule has 0 fully saturated rings. The lowest BCUT2D eigenvalue weighted by atomic mass is 10.1. The Morgan fingerprint density at radius 1 is 0.444 bits per heavy atom. The van der Waals surface area contributed by atoms with Crippen molar-refractivity contribution in [3.8, 4) is 0 Å². The fourth-order valence-corrected chi connectivity index (χ4v) is 5.51. The van der Waals surface area contributed by atoms with Crippen molar-refractivity contribution in [1.82, 2.24) is 5.50 Å². The molecule has 1 radical (unpaired) electrons. The molecule has 0 aromatic heterocycles. The average Bonchev–Trinajstić information content (AvgIpc) is 2.64. The molecule has 0 unspecified atom stereocenters. The molecule has 0 spiro atoms. The van der Waals surface area contributed by atoms with Crippen LogP contribution in [0.2, 0.25) is 0 Å². The summed E-state index contributed by atoms with van der Waals surface area (Å²) in [5.41, 5.74) is 8.10. The molecular weight excluding hydrogens is 349 g/mol. The van der Waals surface area contributed by atoms with Gasteiger partial charge in [-0.15, -0.1) is 0 Å². The van der Waals surface area contributed by atoms with E-state index in [1.807, 2.05) is 0 Å². The minimum atomic E-state index is -2.59. The van der Waals surface area contributed by atoms with E-state index in [0.717, 1.165) is 12.8 Å². The predicted octanol–water partition coefficient (Wildman–Crippen LogP) is 9.39. The summed E-state index contributed by atoms with van der Waals surface area (Å²) in [6, 6.07) is 0. The quantitative estimate of drug-likeness (QED) is 0.132. The van der Waals surface area contributed by atoms with Crippen molar-refractivity contribution in [2.45, 2.75) is 142 Å². The summed E-state index contributed by atoms with van der Waals surface area (Å²) in [4.78, 5) is 0. The molecule has 0 aliphatic heterocycles. The van der Waals surface area contributed by atoms with Gasteiger partial charge in [0.15, 0.2) is 7.29 Å². The van der Waals surface area contributed by atoms with Gasteiger partial charge < -0.3 is 4.57 Å². The summed E-state index contributed by atoms with van der Waals surface area (Å²) in [6.45, 7) is 4.53. The van der Waals surface area contributed by atoms with Gasteiger partial charge in [-0.25, -0.2) is 0 Å². The van der Waals surface area contributed by atoms with Gasteiger partial charge in [0.2, 0.25) is 0 Å². The molecule has 3 heteroatoms. The van der Waals surface area contributed by atoms with Gasteiger partial charge in [0.25, 0.3) is 0 Å². The third-order valence-electron chi connectivity index (χ3n) is 5.75. The van der Waals surface area contributed by atoms with Gasteiger partial charge in [-0.2, -0.15) is 5.50 Å². The summed E-state index contributed by atoms with van der Waals surface area (Å²) in [5, 5.41) is 0. The number of rotatable bonds is 22. The minimum absolute atomic E-state index is 0.668. The van der Waals surface area contributed by atoms with Crippen molar-refractivity contribution < 1.29 is 4.57 Å². The Labute approximate surface area is 172 Å². The molecule has 1 N–H and O–H groups in total. The summed E-state index contributed by atoms with van der Waals surface area (Å²) >= 11 is 0. The molecule has 0 atom stereocenters. The maximum Gasteiger partial charge on any atom is 0.160 e. The van der Waals surface area contributed by atoms with Crippen LogP contribution in [0.3, 0.4) is 0 Å².